The average Bonchev–Trinajstić information content (AvgIpc) is 3.68. The van der Waals surface area contributed by atoms with Crippen LogP contribution in [0.1, 0.15) is 31.1 Å². The molecule has 0 aromatic carbocycles. The molecule has 0 spiro atoms. The van der Waals surface area contributed by atoms with Crippen LogP contribution in [0.4, 0.5) is 5.82 Å². The van der Waals surface area contributed by atoms with Gasteiger partial charge in [0, 0.05) is 24.3 Å². The van der Waals surface area contributed by atoms with Crippen LogP contribution in [0.15, 0.2) is 48.1 Å². The second-order valence-electron chi connectivity index (χ2n) is 8.97. The molecule has 11 heteroatoms. The summed E-state index contributed by atoms with van der Waals surface area (Å²) < 4.78 is 7.02. The Labute approximate surface area is 219 Å². The van der Waals surface area contributed by atoms with E-state index in [-0.39, 0.29) is 25.2 Å². The number of fused-ring (bicyclic) bond motifs is 1. The molecule has 5 heterocycles. The van der Waals surface area contributed by atoms with Crippen LogP contribution in [-0.4, -0.2) is 80.7 Å². The van der Waals surface area contributed by atoms with Crippen LogP contribution in [0, 0.1) is 0 Å². The van der Waals surface area contributed by atoms with Crippen LogP contribution in [0.5, 0.6) is 0 Å². The first kappa shape index (κ1) is 25.3. The van der Waals surface area contributed by atoms with Crippen LogP contribution in [-0.2, 0) is 4.74 Å². The van der Waals surface area contributed by atoms with Crippen molar-refractivity contribution in [1.29, 1.82) is 0 Å². The van der Waals surface area contributed by atoms with Gasteiger partial charge in [-0.05, 0) is 49.7 Å². The Morgan fingerprint density at radius 3 is 2.81 bits per heavy atom. The number of β-amino-alcohol motifs (C(OH)–C–C–N with tert-alkyl or cyclic N) is 1. The van der Waals surface area contributed by atoms with E-state index in [2.05, 4.69) is 36.1 Å². The third-order valence-corrected chi connectivity index (χ3v) is 7.50. The molecule has 2 atom stereocenters. The van der Waals surface area contributed by atoms with Crippen molar-refractivity contribution in [2.24, 2.45) is 0 Å². The maximum Gasteiger partial charge on any atom is 0.251 e. The maximum atomic E-state index is 13.3. The predicted molar refractivity (Wildman–Crippen MR) is 144 cm³/mol. The minimum Gasteiger partial charge on any atom is -0.366 e. The Balaban J connectivity index is 1.51. The summed E-state index contributed by atoms with van der Waals surface area (Å²) in [5, 5.41) is 19.4. The first-order valence-electron chi connectivity index (χ1n) is 12.4. The van der Waals surface area contributed by atoms with Crippen molar-refractivity contribution in [2.75, 3.05) is 37.8 Å². The van der Waals surface area contributed by atoms with Gasteiger partial charge in [0.2, 0.25) is 0 Å². The second-order valence-corrected chi connectivity index (χ2v) is 9.92. The second kappa shape index (κ2) is 10.9. The Hall–Kier alpha value is -3.38. The third-order valence-electron chi connectivity index (χ3n) is 6.61. The highest BCUT2D eigenvalue weighted by Crippen LogP contribution is 2.29. The van der Waals surface area contributed by atoms with Crippen molar-refractivity contribution in [1.82, 2.24) is 29.8 Å². The summed E-state index contributed by atoms with van der Waals surface area (Å²) in [6, 6.07) is 9.66. The average molecular weight is 522 g/mol. The van der Waals surface area contributed by atoms with Gasteiger partial charge in [0.1, 0.15) is 12.5 Å². The van der Waals surface area contributed by atoms with Crippen LogP contribution in [0.25, 0.3) is 27.5 Å². The molecule has 2 N–H and O–H groups in total. The Bertz CT molecular complexity index is 1370. The summed E-state index contributed by atoms with van der Waals surface area (Å²) in [6.07, 6.45) is 2.69. The molecular weight excluding hydrogens is 490 g/mol. The SMILES string of the molecule is CCN(CC)C(C)CNC(=O)c1cc(-c2cnn3ccc(-c4cccs4)nc23)nc(N2COC(O)C2)c1. The number of carbonyl (C=O) groups is 1. The van der Waals surface area contributed by atoms with Gasteiger partial charge in [-0.3, -0.25) is 9.69 Å². The summed E-state index contributed by atoms with van der Waals surface area (Å²) in [4.78, 5) is 28.1. The summed E-state index contributed by atoms with van der Waals surface area (Å²) in [5.74, 6) is 0.359. The molecule has 10 nitrogen and oxygen atoms in total. The molecular formula is C26H31N7O3S. The molecule has 194 valence electrons. The molecule has 1 aliphatic rings. The molecule has 0 saturated carbocycles. The number of nitrogens with zero attached hydrogens (tertiary/aromatic N) is 6. The smallest absolute Gasteiger partial charge is 0.251 e. The zero-order valence-electron chi connectivity index (χ0n) is 21.2. The van der Waals surface area contributed by atoms with Gasteiger partial charge >= 0.3 is 0 Å². The fraction of sp³-hybridized carbons (Fsp3) is 0.385. The number of ether oxygens (including phenoxy) is 1. The number of nitrogens with one attached hydrogen (secondary N) is 1. The van der Waals surface area contributed by atoms with Gasteiger partial charge in [-0.2, -0.15) is 5.10 Å². The minimum atomic E-state index is -0.898. The van der Waals surface area contributed by atoms with E-state index >= 15 is 0 Å². The number of carbonyl (C=O) groups excluding carboxylic acids is 1. The normalized spacial score (nSPS) is 16.6. The maximum absolute atomic E-state index is 13.3. The molecule has 37 heavy (non-hydrogen) atoms. The lowest BCUT2D eigenvalue weighted by molar-refractivity contribution is -0.0516. The third kappa shape index (κ3) is 5.35. The fourth-order valence-electron chi connectivity index (χ4n) is 4.51. The molecule has 0 aliphatic carbocycles. The van der Waals surface area contributed by atoms with E-state index in [1.807, 2.05) is 29.8 Å². The molecule has 1 amide bonds. The van der Waals surface area contributed by atoms with Crippen molar-refractivity contribution in [3.05, 3.63) is 53.7 Å². The van der Waals surface area contributed by atoms with Crippen LogP contribution < -0.4 is 10.2 Å². The predicted octanol–water partition coefficient (Wildman–Crippen LogP) is 3.09. The van der Waals surface area contributed by atoms with E-state index in [0.717, 1.165) is 23.7 Å². The minimum absolute atomic E-state index is 0.187. The number of aromatic nitrogens is 4. The van der Waals surface area contributed by atoms with Crippen molar-refractivity contribution >= 4 is 28.7 Å². The van der Waals surface area contributed by atoms with Crippen molar-refractivity contribution < 1.29 is 14.6 Å². The van der Waals surface area contributed by atoms with Gasteiger partial charge in [0.05, 0.1) is 34.6 Å². The first-order chi connectivity index (χ1) is 18.0. The number of hydrogen-bond acceptors (Lipinski definition) is 9. The number of aliphatic hydroxyl groups is 1. The van der Waals surface area contributed by atoms with Gasteiger partial charge in [0.25, 0.3) is 5.91 Å². The fourth-order valence-corrected chi connectivity index (χ4v) is 5.20. The van der Waals surface area contributed by atoms with Gasteiger partial charge in [0.15, 0.2) is 11.9 Å². The van der Waals surface area contributed by atoms with E-state index < -0.39 is 6.29 Å². The molecule has 0 bridgehead atoms. The van der Waals surface area contributed by atoms with E-state index in [1.165, 1.54) is 0 Å². The van der Waals surface area contributed by atoms with Crippen LogP contribution in [0.2, 0.25) is 0 Å². The zero-order chi connectivity index (χ0) is 25.9. The van der Waals surface area contributed by atoms with E-state index in [0.29, 0.717) is 34.8 Å². The van der Waals surface area contributed by atoms with Gasteiger partial charge in [-0.15, -0.1) is 11.3 Å². The summed E-state index contributed by atoms with van der Waals surface area (Å²) in [6.45, 7) is 9.16. The lowest BCUT2D eigenvalue weighted by atomic mass is 10.1. The van der Waals surface area contributed by atoms with E-state index in [4.69, 9.17) is 14.7 Å². The molecule has 4 aromatic rings. The lowest BCUT2D eigenvalue weighted by Gasteiger charge is -2.26. The number of hydrogen-bond donors (Lipinski definition) is 2. The van der Waals surface area contributed by atoms with Crippen LogP contribution in [0.3, 0.4) is 0 Å². The van der Waals surface area contributed by atoms with E-state index in [9.17, 15) is 9.90 Å². The quantitative estimate of drug-likeness (QED) is 0.346. The Morgan fingerprint density at radius 1 is 1.27 bits per heavy atom. The molecule has 1 fully saturated rings. The molecule has 2 unspecified atom stereocenters. The Morgan fingerprint density at radius 2 is 2.11 bits per heavy atom. The molecule has 4 aromatic heterocycles. The monoisotopic (exact) mass is 521 g/mol. The number of likely N-dealkylation sites (N-methyl/N-ethyl adjacent to an activating group) is 1. The van der Waals surface area contributed by atoms with Gasteiger partial charge in [-0.1, -0.05) is 19.9 Å². The van der Waals surface area contributed by atoms with Crippen molar-refractivity contribution in [3.8, 4) is 21.8 Å². The molecule has 1 aliphatic heterocycles. The Kier molecular flexibility index (Phi) is 7.47. The van der Waals surface area contributed by atoms with Crippen molar-refractivity contribution in [3.63, 3.8) is 0 Å². The number of thiophene rings is 1. The molecule has 5 rings (SSSR count). The molecule has 1 saturated heterocycles. The number of anilines is 1. The largest absolute Gasteiger partial charge is 0.366 e. The number of rotatable bonds is 9. The van der Waals surface area contributed by atoms with E-state index in [1.54, 1.807) is 39.1 Å². The summed E-state index contributed by atoms with van der Waals surface area (Å²) in [5.41, 5.74) is 3.26. The first-order valence-corrected chi connectivity index (χ1v) is 13.3. The van der Waals surface area contributed by atoms with Gasteiger partial charge in [-0.25, -0.2) is 14.5 Å². The standard InChI is InChI=1S/C26H31N7O3S/c1-4-31(5-2)17(3)13-27-26(35)18-11-21(29-23(12-18)32-15-24(34)36-16-32)19-14-28-33-9-8-20(30-25(19)33)22-7-6-10-37-22/h6-12,14,17,24,34H,4-5,13,15-16H2,1-3H3,(H,27,35). The highest BCUT2D eigenvalue weighted by atomic mass is 32.1. The van der Waals surface area contributed by atoms with Crippen molar-refractivity contribution in [2.45, 2.75) is 33.1 Å². The summed E-state index contributed by atoms with van der Waals surface area (Å²) >= 11 is 1.62. The number of pyridine rings is 1. The molecule has 0 radical (unpaired) electrons. The number of aliphatic hydroxyl groups excluding tert-OH is 1. The summed E-state index contributed by atoms with van der Waals surface area (Å²) in [7, 11) is 0. The van der Waals surface area contributed by atoms with Gasteiger partial charge < -0.3 is 20.1 Å². The highest BCUT2D eigenvalue weighted by Gasteiger charge is 2.25. The lowest BCUT2D eigenvalue weighted by Crippen LogP contribution is -2.42. The number of amides is 1. The topological polar surface area (TPSA) is 108 Å². The highest BCUT2D eigenvalue weighted by molar-refractivity contribution is 7.13. The zero-order valence-corrected chi connectivity index (χ0v) is 22.0. The van der Waals surface area contributed by atoms with Crippen LogP contribution >= 0.6 is 11.3 Å².